The van der Waals surface area contributed by atoms with E-state index in [9.17, 15) is 19.5 Å². The number of aromatic hydroxyl groups is 1. The van der Waals surface area contributed by atoms with Gasteiger partial charge in [-0.3, -0.25) is 19.0 Å². The second-order valence-corrected chi connectivity index (χ2v) is 9.70. The number of morpholine rings is 1. The van der Waals surface area contributed by atoms with Crippen molar-refractivity contribution in [2.24, 2.45) is 5.41 Å². The summed E-state index contributed by atoms with van der Waals surface area (Å²) in [6, 6.07) is 0.00967. The smallest absolute Gasteiger partial charge is 0.270 e. The van der Waals surface area contributed by atoms with Gasteiger partial charge in [0.15, 0.2) is 17.0 Å². The van der Waals surface area contributed by atoms with E-state index in [4.69, 9.17) is 10.5 Å². The van der Waals surface area contributed by atoms with Crippen LogP contribution in [0.25, 0.3) is 11.7 Å². The highest BCUT2D eigenvalue weighted by Crippen LogP contribution is 2.28. The van der Waals surface area contributed by atoms with E-state index in [1.807, 2.05) is 20.8 Å². The number of carbonyl (C=O) groups is 2. The van der Waals surface area contributed by atoms with Crippen molar-refractivity contribution in [3.63, 3.8) is 0 Å². The van der Waals surface area contributed by atoms with Crippen molar-refractivity contribution in [3.05, 3.63) is 27.6 Å². The lowest BCUT2D eigenvalue weighted by molar-refractivity contribution is -0.129. The molecule has 4 N–H and O–H groups in total. The fourth-order valence-electron chi connectivity index (χ4n) is 3.79. The number of nitrogens with zero attached hydrogens (tertiary/aromatic N) is 4. The van der Waals surface area contributed by atoms with Crippen molar-refractivity contribution in [2.45, 2.75) is 46.2 Å². The number of hydrogen-bond acceptors (Lipinski definition) is 7. The van der Waals surface area contributed by atoms with Gasteiger partial charge in [-0.2, -0.15) is 4.52 Å². The molecular formula is C22H30N6O5. The van der Waals surface area contributed by atoms with E-state index in [0.717, 1.165) is 17.4 Å². The number of aromatic nitrogens is 3. The summed E-state index contributed by atoms with van der Waals surface area (Å²) in [6.07, 6.45) is 4.55. The summed E-state index contributed by atoms with van der Waals surface area (Å²) >= 11 is 0. The fourth-order valence-corrected chi connectivity index (χ4v) is 3.79. The molecule has 1 saturated carbocycles. The molecule has 1 aliphatic heterocycles. The molecule has 0 spiro atoms. The summed E-state index contributed by atoms with van der Waals surface area (Å²) in [5.41, 5.74) is 5.33. The van der Waals surface area contributed by atoms with Crippen LogP contribution in [0.15, 0.2) is 10.9 Å². The minimum absolute atomic E-state index is 0.00967. The third-order valence-electron chi connectivity index (χ3n) is 5.55. The highest BCUT2D eigenvalue weighted by atomic mass is 16.5. The van der Waals surface area contributed by atoms with Crippen molar-refractivity contribution in [3.8, 4) is 5.88 Å². The number of carbonyl (C=O) groups excluding carboxylic acids is 2. The second kappa shape index (κ2) is 8.54. The molecule has 1 aliphatic carbocycles. The summed E-state index contributed by atoms with van der Waals surface area (Å²) in [5, 5.41) is 17.8. The maximum atomic E-state index is 13.4. The number of hydrogen-bond donors (Lipinski definition) is 3. The van der Waals surface area contributed by atoms with Crippen molar-refractivity contribution < 1.29 is 19.4 Å². The van der Waals surface area contributed by atoms with Crippen LogP contribution in [-0.2, 0) is 16.1 Å². The topological polar surface area (TPSA) is 144 Å². The molecule has 4 rings (SSSR count). The summed E-state index contributed by atoms with van der Waals surface area (Å²) in [5.74, 6) is -1.41. The third kappa shape index (κ3) is 4.72. The lowest BCUT2D eigenvalue weighted by Gasteiger charge is -2.25. The van der Waals surface area contributed by atoms with Gasteiger partial charge in [-0.05, 0) is 24.3 Å². The van der Waals surface area contributed by atoms with Crippen LogP contribution < -0.4 is 16.6 Å². The van der Waals surface area contributed by atoms with Crippen LogP contribution in [0, 0.1) is 5.41 Å². The first-order chi connectivity index (χ1) is 15.6. The van der Waals surface area contributed by atoms with Crippen LogP contribution in [0.5, 0.6) is 5.88 Å². The molecule has 11 heteroatoms. The standard InChI is InChI=1S/C22H30N6O5/c1-22(2,3)12-27-19-14(6-7-15(29)26-8-10-33-11-9-26)17(23)25-28(19)21(32)16(20(27)31)18(30)24-13-4-5-13/h6-7,13,32H,4-5,8-12H2,1-3H3,(H2,23,25)(H,24,30)/b7-6+. The number of fused-ring (bicyclic) bond motifs is 1. The van der Waals surface area contributed by atoms with Crippen LogP contribution in [0.1, 0.15) is 49.5 Å². The molecule has 2 aromatic rings. The Morgan fingerprint density at radius 2 is 1.94 bits per heavy atom. The Balaban J connectivity index is 1.83. The first-order valence-corrected chi connectivity index (χ1v) is 11.1. The molecule has 33 heavy (non-hydrogen) atoms. The minimum Gasteiger partial charge on any atom is -0.492 e. The summed E-state index contributed by atoms with van der Waals surface area (Å²) < 4.78 is 7.77. The zero-order valence-electron chi connectivity index (χ0n) is 19.1. The van der Waals surface area contributed by atoms with Gasteiger partial charge in [-0.15, -0.1) is 5.10 Å². The van der Waals surface area contributed by atoms with Gasteiger partial charge in [0.2, 0.25) is 11.8 Å². The SMILES string of the molecule is CC(C)(C)Cn1c(=O)c(C(=O)NC2CC2)c(O)n2nc(N)c(/C=C/C(=O)N3CCOCC3)c12. The van der Waals surface area contributed by atoms with E-state index in [2.05, 4.69) is 10.4 Å². The number of ether oxygens (including phenoxy) is 1. The fraction of sp³-hybridized carbons (Fsp3) is 0.545. The van der Waals surface area contributed by atoms with Gasteiger partial charge in [0.25, 0.3) is 11.5 Å². The normalized spacial score (nSPS) is 17.1. The molecule has 0 unspecified atom stereocenters. The summed E-state index contributed by atoms with van der Waals surface area (Å²) in [4.78, 5) is 40.4. The van der Waals surface area contributed by atoms with E-state index >= 15 is 0 Å². The Bertz CT molecular complexity index is 1180. The highest BCUT2D eigenvalue weighted by Gasteiger charge is 2.31. The number of anilines is 1. The predicted octanol–water partition coefficient (Wildman–Crippen LogP) is 0.594. The molecule has 3 heterocycles. The lowest BCUT2D eigenvalue weighted by atomic mass is 9.96. The molecule has 0 atom stereocenters. The first-order valence-electron chi connectivity index (χ1n) is 11.1. The van der Waals surface area contributed by atoms with Crippen LogP contribution in [-0.4, -0.2) is 68.3 Å². The third-order valence-corrected chi connectivity index (χ3v) is 5.55. The minimum atomic E-state index is -0.641. The highest BCUT2D eigenvalue weighted by molar-refractivity contribution is 5.97. The lowest BCUT2D eigenvalue weighted by Crippen LogP contribution is -2.39. The average molecular weight is 459 g/mol. The average Bonchev–Trinajstić information content (AvgIpc) is 3.50. The Morgan fingerprint density at radius 3 is 2.55 bits per heavy atom. The first kappa shape index (κ1) is 22.8. The molecular weight excluding hydrogens is 428 g/mol. The molecule has 2 aliphatic rings. The van der Waals surface area contributed by atoms with E-state index in [1.165, 1.54) is 16.7 Å². The zero-order chi connectivity index (χ0) is 23.9. The number of nitrogens with two attached hydrogens (primary N) is 1. The maximum Gasteiger partial charge on any atom is 0.270 e. The van der Waals surface area contributed by atoms with Gasteiger partial charge in [0, 0.05) is 31.8 Å². The van der Waals surface area contributed by atoms with E-state index in [-0.39, 0.29) is 40.9 Å². The molecule has 2 fully saturated rings. The van der Waals surface area contributed by atoms with Crippen LogP contribution in [0.4, 0.5) is 5.82 Å². The van der Waals surface area contributed by atoms with Gasteiger partial charge >= 0.3 is 0 Å². The predicted molar refractivity (Wildman–Crippen MR) is 122 cm³/mol. The molecule has 0 aromatic carbocycles. The van der Waals surface area contributed by atoms with Crippen molar-refractivity contribution in [2.75, 3.05) is 32.0 Å². The van der Waals surface area contributed by atoms with Gasteiger partial charge in [-0.1, -0.05) is 20.8 Å². The number of rotatable bonds is 5. The van der Waals surface area contributed by atoms with E-state index < -0.39 is 17.3 Å². The Morgan fingerprint density at radius 1 is 1.27 bits per heavy atom. The molecule has 2 amide bonds. The maximum absolute atomic E-state index is 13.4. The van der Waals surface area contributed by atoms with Crippen LogP contribution in [0.2, 0.25) is 0 Å². The van der Waals surface area contributed by atoms with Crippen LogP contribution >= 0.6 is 0 Å². The quantitative estimate of drug-likeness (QED) is 0.556. The molecule has 11 nitrogen and oxygen atoms in total. The second-order valence-electron chi connectivity index (χ2n) is 9.70. The largest absolute Gasteiger partial charge is 0.492 e. The summed E-state index contributed by atoms with van der Waals surface area (Å²) in [6.45, 7) is 8.01. The van der Waals surface area contributed by atoms with Crippen LogP contribution in [0.3, 0.4) is 0 Å². The van der Waals surface area contributed by atoms with E-state index in [0.29, 0.717) is 31.9 Å². The van der Waals surface area contributed by atoms with Gasteiger partial charge < -0.3 is 25.8 Å². The number of nitrogens with one attached hydrogen (secondary N) is 1. The molecule has 0 radical (unpaired) electrons. The van der Waals surface area contributed by atoms with Gasteiger partial charge in [0.05, 0.1) is 18.8 Å². The summed E-state index contributed by atoms with van der Waals surface area (Å²) in [7, 11) is 0. The Kier molecular flexibility index (Phi) is 5.91. The Hall–Kier alpha value is -3.34. The van der Waals surface area contributed by atoms with Crippen molar-refractivity contribution in [1.29, 1.82) is 0 Å². The van der Waals surface area contributed by atoms with E-state index in [1.54, 1.807) is 4.90 Å². The molecule has 178 valence electrons. The van der Waals surface area contributed by atoms with Gasteiger partial charge in [0.1, 0.15) is 0 Å². The monoisotopic (exact) mass is 458 g/mol. The number of amides is 2. The van der Waals surface area contributed by atoms with Crippen molar-refractivity contribution in [1.82, 2.24) is 24.4 Å². The molecule has 1 saturated heterocycles. The van der Waals surface area contributed by atoms with Gasteiger partial charge in [-0.25, -0.2) is 0 Å². The van der Waals surface area contributed by atoms with Crippen molar-refractivity contribution >= 4 is 29.4 Å². The molecule has 0 bridgehead atoms. The molecule has 2 aromatic heterocycles. The number of nitrogen functional groups attached to an aromatic ring is 1. The zero-order valence-corrected chi connectivity index (χ0v) is 19.1. The Labute approximate surface area is 190 Å².